The van der Waals surface area contributed by atoms with Crippen LogP contribution in [0.4, 0.5) is 10.1 Å². The fourth-order valence-electron chi connectivity index (χ4n) is 1.89. The molecule has 0 radical (unpaired) electrons. The van der Waals surface area contributed by atoms with Crippen LogP contribution in [0.1, 0.15) is 10.6 Å². The van der Waals surface area contributed by atoms with Crippen LogP contribution < -0.4 is 5.73 Å². The van der Waals surface area contributed by atoms with Crippen molar-refractivity contribution in [1.82, 2.24) is 4.98 Å². The number of aromatic nitrogens is 1. The van der Waals surface area contributed by atoms with Gasteiger partial charge in [0.25, 0.3) is 0 Å². The van der Waals surface area contributed by atoms with Crippen LogP contribution in [0.15, 0.2) is 42.5 Å². The van der Waals surface area contributed by atoms with Crippen molar-refractivity contribution in [3.63, 3.8) is 0 Å². The highest BCUT2D eigenvalue weighted by Crippen LogP contribution is 2.25. The highest BCUT2D eigenvalue weighted by atomic mass is 32.1. The second-order valence-electron chi connectivity index (χ2n) is 4.10. The first-order chi connectivity index (χ1) is 8.72. The lowest BCUT2D eigenvalue weighted by molar-refractivity contribution is 0.626. The molecule has 0 aliphatic heterocycles. The van der Waals surface area contributed by atoms with Crippen LogP contribution in [0.5, 0.6) is 0 Å². The Kier molecular flexibility index (Phi) is 2.72. The van der Waals surface area contributed by atoms with Gasteiger partial charge in [-0.3, -0.25) is 0 Å². The summed E-state index contributed by atoms with van der Waals surface area (Å²) in [6.07, 6.45) is 0.572. The Morgan fingerprint density at radius 1 is 1.17 bits per heavy atom. The Morgan fingerprint density at radius 3 is 2.83 bits per heavy atom. The van der Waals surface area contributed by atoms with Gasteiger partial charge in [-0.2, -0.15) is 0 Å². The van der Waals surface area contributed by atoms with Gasteiger partial charge in [0.05, 0.1) is 15.2 Å². The third kappa shape index (κ3) is 2.07. The third-order valence-electron chi connectivity index (χ3n) is 2.78. The number of nitrogen functional groups attached to an aromatic ring is 1. The average Bonchev–Trinajstić information content (AvgIpc) is 2.76. The fraction of sp³-hybridized carbons (Fsp3) is 0.0714. The van der Waals surface area contributed by atoms with E-state index >= 15 is 0 Å². The second-order valence-corrected chi connectivity index (χ2v) is 5.21. The number of fused-ring (bicyclic) bond motifs is 1. The minimum atomic E-state index is -0.264. The van der Waals surface area contributed by atoms with E-state index in [9.17, 15) is 4.39 Å². The van der Waals surface area contributed by atoms with Gasteiger partial charge in [0.1, 0.15) is 5.82 Å². The van der Waals surface area contributed by atoms with E-state index < -0.39 is 0 Å². The number of rotatable bonds is 2. The Hall–Kier alpha value is -1.94. The van der Waals surface area contributed by atoms with Gasteiger partial charge >= 0.3 is 0 Å². The van der Waals surface area contributed by atoms with E-state index in [1.807, 2.05) is 24.3 Å². The van der Waals surface area contributed by atoms with E-state index in [1.165, 1.54) is 12.1 Å². The maximum Gasteiger partial charge on any atom is 0.123 e. The summed E-state index contributed by atoms with van der Waals surface area (Å²) in [5, 5.41) is 0.952. The number of para-hydroxylation sites is 1. The molecule has 18 heavy (non-hydrogen) atoms. The standard InChI is InChI=1S/C14H11FN2S/c15-10-5-6-11(16)9(7-10)8-14-17-12-3-1-2-4-13(12)18-14/h1-7H,8,16H2. The summed E-state index contributed by atoms with van der Waals surface area (Å²) in [4.78, 5) is 4.52. The van der Waals surface area contributed by atoms with Crippen molar-refractivity contribution in [2.45, 2.75) is 6.42 Å². The summed E-state index contributed by atoms with van der Waals surface area (Å²) in [5.74, 6) is -0.264. The molecule has 2 nitrogen and oxygen atoms in total. The van der Waals surface area contributed by atoms with Crippen molar-refractivity contribution in [3.05, 3.63) is 58.9 Å². The minimum absolute atomic E-state index is 0.264. The van der Waals surface area contributed by atoms with Crippen molar-refractivity contribution in [2.75, 3.05) is 5.73 Å². The number of nitrogens with zero attached hydrogens (tertiary/aromatic N) is 1. The molecule has 0 unspecified atom stereocenters. The number of hydrogen-bond donors (Lipinski definition) is 1. The Morgan fingerprint density at radius 2 is 2.00 bits per heavy atom. The summed E-state index contributed by atoms with van der Waals surface area (Å²) >= 11 is 1.62. The van der Waals surface area contributed by atoms with Gasteiger partial charge in [0, 0.05) is 12.1 Å². The molecule has 1 heterocycles. The lowest BCUT2D eigenvalue weighted by Gasteiger charge is -2.02. The van der Waals surface area contributed by atoms with Gasteiger partial charge in [-0.15, -0.1) is 11.3 Å². The van der Waals surface area contributed by atoms with Gasteiger partial charge in [-0.05, 0) is 35.9 Å². The highest BCUT2D eigenvalue weighted by Gasteiger charge is 2.07. The minimum Gasteiger partial charge on any atom is -0.398 e. The van der Waals surface area contributed by atoms with E-state index in [-0.39, 0.29) is 5.82 Å². The summed E-state index contributed by atoms with van der Waals surface area (Å²) < 4.78 is 14.3. The molecule has 0 amide bonds. The monoisotopic (exact) mass is 258 g/mol. The van der Waals surface area contributed by atoms with Crippen LogP contribution in [0.2, 0.25) is 0 Å². The molecule has 2 aromatic carbocycles. The smallest absolute Gasteiger partial charge is 0.123 e. The first-order valence-corrected chi connectivity index (χ1v) is 6.42. The van der Waals surface area contributed by atoms with E-state index in [2.05, 4.69) is 4.98 Å². The van der Waals surface area contributed by atoms with Gasteiger partial charge in [-0.25, -0.2) is 9.37 Å². The average molecular weight is 258 g/mol. The molecule has 3 rings (SSSR count). The Labute approximate surface area is 108 Å². The summed E-state index contributed by atoms with van der Waals surface area (Å²) in [5.41, 5.74) is 8.21. The van der Waals surface area contributed by atoms with Crippen LogP contribution in [0.3, 0.4) is 0 Å². The molecular formula is C14H11FN2S. The zero-order chi connectivity index (χ0) is 12.5. The van der Waals surface area contributed by atoms with E-state index in [1.54, 1.807) is 17.4 Å². The molecule has 0 fully saturated rings. The van der Waals surface area contributed by atoms with Crippen LogP contribution in [-0.2, 0) is 6.42 Å². The molecule has 0 atom stereocenters. The molecule has 1 aromatic heterocycles. The summed E-state index contributed by atoms with van der Waals surface area (Å²) in [6, 6.07) is 12.4. The largest absolute Gasteiger partial charge is 0.398 e. The molecule has 90 valence electrons. The van der Waals surface area contributed by atoms with Crippen molar-refractivity contribution >= 4 is 27.2 Å². The lowest BCUT2D eigenvalue weighted by atomic mass is 10.1. The normalized spacial score (nSPS) is 10.9. The number of benzene rings is 2. The molecule has 0 aliphatic carbocycles. The van der Waals surface area contributed by atoms with Crippen LogP contribution >= 0.6 is 11.3 Å². The fourth-order valence-corrected chi connectivity index (χ4v) is 2.88. The first kappa shape index (κ1) is 11.2. The maximum absolute atomic E-state index is 13.2. The highest BCUT2D eigenvalue weighted by molar-refractivity contribution is 7.18. The van der Waals surface area contributed by atoms with Crippen molar-refractivity contribution < 1.29 is 4.39 Å². The molecular weight excluding hydrogens is 247 g/mol. The molecule has 0 saturated carbocycles. The quantitative estimate of drug-likeness (QED) is 0.713. The lowest BCUT2D eigenvalue weighted by Crippen LogP contribution is -1.96. The van der Waals surface area contributed by atoms with Gasteiger partial charge in [0.15, 0.2) is 0 Å². The van der Waals surface area contributed by atoms with Crippen LogP contribution in [-0.4, -0.2) is 4.98 Å². The molecule has 0 spiro atoms. The van der Waals surface area contributed by atoms with Crippen molar-refractivity contribution in [1.29, 1.82) is 0 Å². The molecule has 2 N–H and O–H groups in total. The summed E-state index contributed by atoms with van der Waals surface area (Å²) in [6.45, 7) is 0. The van der Waals surface area contributed by atoms with E-state index in [0.717, 1.165) is 20.8 Å². The van der Waals surface area contributed by atoms with E-state index in [0.29, 0.717) is 12.1 Å². The van der Waals surface area contributed by atoms with Gasteiger partial charge in [-0.1, -0.05) is 12.1 Å². The number of thiazole rings is 1. The molecule has 0 aliphatic rings. The first-order valence-electron chi connectivity index (χ1n) is 5.61. The van der Waals surface area contributed by atoms with Crippen LogP contribution in [0.25, 0.3) is 10.2 Å². The SMILES string of the molecule is Nc1ccc(F)cc1Cc1nc2ccccc2s1. The number of anilines is 1. The number of halogens is 1. The topological polar surface area (TPSA) is 38.9 Å². The second kappa shape index (κ2) is 4.38. The number of hydrogen-bond acceptors (Lipinski definition) is 3. The molecule has 0 bridgehead atoms. The van der Waals surface area contributed by atoms with Gasteiger partial charge < -0.3 is 5.73 Å². The maximum atomic E-state index is 13.2. The summed E-state index contributed by atoms with van der Waals surface area (Å²) in [7, 11) is 0. The third-order valence-corrected chi connectivity index (χ3v) is 3.82. The molecule has 4 heteroatoms. The van der Waals surface area contributed by atoms with E-state index in [4.69, 9.17) is 5.73 Å². The molecule has 3 aromatic rings. The van der Waals surface area contributed by atoms with Gasteiger partial charge in [0.2, 0.25) is 0 Å². The predicted octanol–water partition coefficient (Wildman–Crippen LogP) is 3.61. The Balaban J connectivity index is 1.98. The van der Waals surface area contributed by atoms with Crippen LogP contribution in [0, 0.1) is 5.82 Å². The Bertz CT molecular complexity index is 673. The zero-order valence-corrected chi connectivity index (χ0v) is 10.4. The van der Waals surface area contributed by atoms with Crippen molar-refractivity contribution in [2.24, 2.45) is 0 Å². The zero-order valence-electron chi connectivity index (χ0n) is 9.56. The predicted molar refractivity (Wildman–Crippen MR) is 73.2 cm³/mol. The molecule has 0 saturated heterocycles. The van der Waals surface area contributed by atoms with Crippen molar-refractivity contribution in [3.8, 4) is 0 Å². The number of nitrogens with two attached hydrogens (primary N) is 1.